The number of carbonyl (C=O) groups excluding carboxylic acids is 1. The predicted octanol–water partition coefficient (Wildman–Crippen LogP) is 4.10. The van der Waals surface area contributed by atoms with Crippen molar-refractivity contribution in [2.24, 2.45) is 0 Å². The fourth-order valence-corrected chi connectivity index (χ4v) is 2.55. The summed E-state index contributed by atoms with van der Waals surface area (Å²) in [6, 6.07) is 10.3. The van der Waals surface area contributed by atoms with Crippen molar-refractivity contribution >= 4 is 35.0 Å². The van der Waals surface area contributed by atoms with Gasteiger partial charge in [-0.1, -0.05) is 23.4 Å². The number of halogens is 1. The second-order valence-corrected chi connectivity index (χ2v) is 6.34. The molecule has 0 saturated heterocycles. The zero-order chi connectivity index (χ0) is 16.2. The van der Waals surface area contributed by atoms with Crippen LogP contribution >= 0.6 is 23.4 Å². The molecule has 0 aliphatic rings. The van der Waals surface area contributed by atoms with Crippen LogP contribution in [0.15, 0.2) is 56.7 Å². The lowest BCUT2D eigenvalue weighted by atomic mass is 10.3. The highest BCUT2D eigenvalue weighted by Gasteiger charge is 2.19. The van der Waals surface area contributed by atoms with E-state index in [-0.39, 0.29) is 11.8 Å². The van der Waals surface area contributed by atoms with Crippen LogP contribution in [0.3, 0.4) is 0 Å². The Bertz CT molecular complexity index is 787. The molecule has 3 rings (SSSR count). The largest absolute Gasteiger partial charge is 0.459 e. The van der Waals surface area contributed by atoms with Crippen molar-refractivity contribution in [1.29, 1.82) is 0 Å². The number of hydrogen-bond donors (Lipinski definition) is 1. The summed E-state index contributed by atoms with van der Waals surface area (Å²) in [6.45, 7) is 1.76. The van der Waals surface area contributed by atoms with Crippen LogP contribution in [0.2, 0.25) is 5.02 Å². The molecule has 0 bridgehead atoms. The lowest BCUT2D eigenvalue weighted by Crippen LogP contribution is -2.22. The van der Waals surface area contributed by atoms with Crippen LogP contribution in [0, 0.1) is 0 Å². The van der Waals surface area contributed by atoms with Gasteiger partial charge in [0.25, 0.3) is 11.1 Å². The van der Waals surface area contributed by atoms with Crippen LogP contribution in [-0.4, -0.2) is 21.4 Å². The van der Waals surface area contributed by atoms with Gasteiger partial charge >= 0.3 is 0 Å². The molecule has 6 nitrogen and oxygen atoms in total. The average Bonchev–Trinajstić information content (AvgIpc) is 3.20. The van der Waals surface area contributed by atoms with E-state index < -0.39 is 5.25 Å². The third-order valence-electron chi connectivity index (χ3n) is 2.90. The maximum atomic E-state index is 12.2. The Kier molecular flexibility index (Phi) is 4.68. The first-order valence-corrected chi connectivity index (χ1v) is 7.98. The molecule has 0 aliphatic carbocycles. The monoisotopic (exact) mass is 349 g/mol. The van der Waals surface area contributed by atoms with E-state index >= 15 is 0 Å². The van der Waals surface area contributed by atoms with E-state index in [0.29, 0.717) is 21.7 Å². The molecule has 0 spiro atoms. The van der Waals surface area contributed by atoms with Gasteiger partial charge < -0.3 is 14.2 Å². The number of thioether (sulfide) groups is 1. The number of benzene rings is 1. The Morgan fingerprint density at radius 2 is 2.04 bits per heavy atom. The molecule has 3 aromatic rings. The van der Waals surface area contributed by atoms with Gasteiger partial charge in [-0.15, -0.1) is 10.2 Å². The number of nitrogens with one attached hydrogen (secondary N) is 1. The zero-order valence-corrected chi connectivity index (χ0v) is 13.6. The van der Waals surface area contributed by atoms with Crippen molar-refractivity contribution in [2.45, 2.75) is 17.4 Å². The van der Waals surface area contributed by atoms with Gasteiger partial charge in [0.15, 0.2) is 5.76 Å². The molecule has 8 heteroatoms. The number of rotatable bonds is 5. The number of aromatic nitrogens is 2. The van der Waals surface area contributed by atoms with E-state index in [1.165, 1.54) is 18.0 Å². The number of carbonyl (C=O) groups is 1. The first-order valence-electron chi connectivity index (χ1n) is 6.72. The quantitative estimate of drug-likeness (QED) is 0.698. The summed E-state index contributed by atoms with van der Waals surface area (Å²) in [5, 5.41) is 11.1. The molecule has 0 radical (unpaired) electrons. The minimum atomic E-state index is -0.407. The molecule has 0 fully saturated rings. The Hall–Kier alpha value is -2.25. The standard InChI is InChI=1S/C15H12ClN3O3S/c1-9(13(20)17-11-6-4-10(16)5-7-11)23-15-19-18-14(22-15)12-3-2-8-21-12/h2-9H,1H3,(H,17,20)/t9-/m1/s1. The molecule has 0 saturated carbocycles. The van der Waals surface area contributed by atoms with Gasteiger partial charge in [-0.2, -0.15) is 0 Å². The summed E-state index contributed by atoms with van der Waals surface area (Å²) in [6.07, 6.45) is 1.52. The van der Waals surface area contributed by atoms with Gasteiger partial charge in [0, 0.05) is 10.7 Å². The lowest BCUT2D eigenvalue weighted by molar-refractivity contribution is -0.115. The Balaban J connectivity index is 1.61. The van der Waals surface area contributed by atoms with E-state index in [2.05, 4.69) is 15.5 Å². The Morgan fingerprint density at radius 1 is 1.26 bits per heavy atom. The molecule has 23 heavy (non-hydrogen) atoms. The fourth-order valence-electron chi connectivity index (χ4n) is 1.74. The Labute approximate surface area is 141 Å². The molecule has 1 amide bonds. The summed E-state index contributed by atoms with van der Waals surface area (Å²) in [5.41, 5.74) is 0.675. The normalized spacial score (nSPS) is 12.1. The minimum absolute atomic E-state index is 0.171. The van der Waals surface area contributed by atoms with E-state index in [0.717, 1.165) is 0 Å². The smallest absolute Gasteiger partial charge is 0.284 e. The molecule has 2 aromatic heterocycles. The van der Waals surface area contributed by atoms with Crippen molar-refractivity contribution in [2.75, 3.05) is 5.32 Å². The Morgan fingerprint density at radius 3 is 2.74 bits per heavy atom. The van der Waals surface area contributed by atoms with Gasteiger partial charge in [0.1, 0.15) is 0 Å². The highest BCUT2D eigenvalue weighted by Crippen LogP contribution is 2.27. The summed E-state index contributed by atoms with van der Waals surface area (Å²) in [5.74, 6) is 0.598. The van der Waals surface area contributed by atoms with Crippen molar-refractivity contribution in [3.63, 3.8) is 0 Å². The highest BCUT2D eigenvalue weighted by molar-refractivity contribution is 8.00. The van der Waals surface area contributed by atoms with Crippen LogP contribution in [0.25, 0.3) is 11.7 Å². The van der Waals surface area contributed by atoms with Gasteiger partial charge in [-0.25, -0.2) is 0 Å². The fraction of sp³-hybridized carbons (Fsp3) is 0.133. The van der Waals surface area contributed by atoms with Crippen LogP contribution < -0.4 is 5.32 Å². The zero-order valence-electron chi connectivity index (χ0n) is 12.0. The first-order chi connectivity index (χ1) is 11.1. The second-order valence-electron chi connectivity index (χ2n) is 4.61. The third kappa shape index (κ3) is 3.94. The number of amides is 1. The summed E-state index contributed by atoms with van der Waals surface area (Å²) < 4.78 is 10.6. The molecule has 1 N–H and O–H groups in total. The highest BCUT2D eigenvalue weighted by atomic mass is 35.5. The molecule has 1 aromatic carbocycles. The molecule has 2 heterocycles. The topological polar surface area (TPSA) is 81.2 Å². The van der Waals surface area contributed by atoms with Crippen LogP contribution in [-0.2, 0) is 4.79 Å². The lowest BCUT2D eigenvalue weighted by Gasteiger charge is -2.09. The molecule has 118 valence electrons. The van der Waals surface area contributed by atoms with Gasteiger partial charge in [0.05, 0.1) is 11.5 Å². The molecule has 0 aliphatic heterocycles. The maximum Gasteiger partial charge on any atom is 0.284 e. The van der Waals surface area contributed by atoms with Crippen molar-refractivity contribution in [1.82, 2.24) is 10.2 Å². The van der Waals surface area contributed by atoms with E-state index in [1.54, 1.807) is 43.3 Å². The van der Waals surface area contributed by atoms with E-state index in [9.17, 15) is 4.79 Å². The first kappa shape index (κ1) is 15.6. The predicted molar refractivity (Wildman–Crippen MR) is 87.4 cm³/mol. The van der Waals surface area contributed by atoms with Crippen LogP contribution in [0.1, 0.15) is 6.92 Å². The van der Waals surface area contributed by atoms with Gasteiger partial charge in [-0.3, -0.25) is 4.79 Å². The summed E-state index contributed by atoms with van der Waals surface area (Å²) >= 11 is 6.98. The van der Waals surface area contributed by atoms with Crippen LogP contribution in [0.5, 0.6) is 0 Å². The number of nitrogens with zero attached hydrogens (tertiary/aromatic N) is 2. The minimum Gasteiger partial charge on any atom is -0.459 e. The number of hydrogen-bond acceptors (Lipinski definition) is 6. The third-order valence-corrected chi connectivity index (χ3v) is 4.08. The van der Waals surface area contributed by atoms with Gasteiger partial charge in [-0.05, 0) is 43.3 Å². The average molecular weight is 350 g/mol. The molecule has 0 unspecified atom stereocenters. The molecular formula is C15H12ClN3O3S. The SMILES string of the molecule is C[C@@H](Sc1nnc(-c2ccco2)o1)C(=O)Nc1ccc(Cl)cc1. The van der Waals surface area contributed by atoms with Crippen molar-refractivity contribution in [3.05, 3.63) is 47.7 Å². The maximum absolute atomic E-state index is 12.2. The van der Waals surface area contributed by atoms with Crippen molar-refractivity contribution in [3.8, 4) is 11.7 Å². The van der Waals surface area contributed by atoms with Crippen LogP contribution in [0.4, 0.5) is 5.69 Å². The molecule has 1 atom stereocenters. The van der Waals surface area contributed by atoms with Gasteiger partial charge in [0.2, 0.25) is 5.91 Å². The van der Waals surface area contributed by atoms with E-state index in [4.69, 9.17) is 20.4 Å². The number of anilines is 1. The number of furan rings is 1. The van der Waals surface area contributed by atoms with E-state index in [1.807, 2.05) is 0 Å². The van der Waals surface area contributed by atoms with Crippen molar-refractivity contribution < 1.29 is 13.6 Å². The summed E-state index contributed by atoms with van der Waals surface area (Å²) in [7, 11) is 0. The summed E-state index contributed by atoms with van der Waals surface area (Å²) in [4.78, 5) is 12.2. The molecular weight excluding hydrogens is 338 g/mol. The second kappa shape index (κ2) is 6.89.